The van der Waals surface area contributed by atoms with Gasteiger partial charge in [-0.3, -0.25) is 9.59 Å². The molecule has 1 aliphatic rings. The van der Waals surface area contributed by atoms with Gasteiger partial charge in [0.25, 0.3) is 0 Å². The molecule has 0 bridgehead atoms. The van der Waals surface area contributed by atoms with Crippen LogP contribution in [-0.4, -0.2) is 47.9 Å². The molecule has 2 N–H and O–H groups in total. The molecule has 0 radical (unpaired) electrons. The van der Waals surface area contributed by atoms with E-state index in [0.29, 0.717) is 24.1 Å². The first-order valence-electron chi connectivity index (χ1n) is 8.38. The number of piperidine rings is 1. The third kappa shape index (κ3) is 5.28. The number of rotatable bonds is 7. The fourth-order valence-corrected chi connectivity index (χ4v) is 3.78. The van der Waals surface area contributed by atoms with Gasteiger partial charge in [-0.05, 0) is 45.7 Å². The summed E-state index contributed by atoms with van der Waals surface area (Å²) in [5, 5.41) is 6.80. The lowest BCUT2D eigenvalue weighted by molar-refractivity contribution is -0.132. The van der Waals surface area contributed by atoms with Crippen LogP contribution in [0, 0.1) is 0 Å². The van der Waals surface area contributed by atoms with E-state index >= 15 is 0 Å². The van der Waals surface area contributed by atoms with Gasteiger partial charge in [0.1, 0.15) is 0 Å². The van der Waals surface area contributed by atoms with Crippen molar-refractivity contribution < 1.29 is 9.59 Å². The molecule has 1 saturated heterocycles. The maximum atomic E-state index is 12.0. The average molecular weight is 338 g/mol. The maximum absolute atomic E-state index is 12.0. The number of carbonyl (C=O) groups excluding carboxylic acids is 2. The second kappa shape index (κ2) is 8.98. The molecule has 7 heteroatoms. The summed E-state index contributed by atoms with van der Waals surface area (Å²) in [6.45, 7) is 7.33. The van der Waals surface area contributed by atoms with Crippen LogP contribution in [0.5, 0.6) is 0 Å². The van der Waals surface area contributed by atoms with Crippen LogP contribution in [0.4, 0.5) is 5.13 Å². The Kier molecular flexibility index (Phi) is 6.98. The Morgan fingerprint density at radius 3 is 2.65 bits per heavy atom. The predicted octanol–water partition coefficient (Wildman–Crippen LogP) is 2.20. The lowest BCUT2D eigenvalue weighted by Crippen LogP contribution is -2.31. The number of thiazole rings is 1. The second-order valence-corrected chi connectivity index (χ2v) is 6.77. The summed E-state index contributed by atoms with van der Waals surface area (Å²) in [5.74, 6) is 0.431. The largest absolute Gasteiger partial charge is 0.343 e. The minimum atomic E-state index is -0.142. The number of nitrogens with one attached hydrogen (secondary N) is 2. The molecule has 2 amide bonds. The van der Waals surface area contributed by atoms with E-state index in [1.807, 2.05) is 20.0 Å². The third-order valence-electron chi connectivity index (χ3n) is 4.19. The Labute approximate surface area is 141 Å². The molecule has 2 heterocycles. The number of carbonyl (C=O) groups is 2. The fourth-order valence-electron chi connectivity index (χ4n) is 2.78. The highest BCUT2D eigenvalue weighted by Gasteiger charge is 2.18. The van der Waals surface area contributed by atoms with E-state index in [-0.39, 0.29) is 24.7 Å². The van der Waals surface area contributed by atoms with E-state index in [1.54, 1.807) is 16.2 Å². The van der Waals surface area contributed by atoms with E-state index in [2.05, 4.69) is 15.6 Å². The lowest BCUT2D eigenvalue weighted by atomic mass is 9.97. The van der Waals surface area contributed by atoms with Crippen molar-refractivity contribution in [1.29, 1.82) is 0 Å². The molecule has 1 aliphatic heterocycles. The Bertz CT molecular complexity index is 522. The zero-order chi connectivity index (χ0) is 16.7. The highest BCUT2D eigenvalue weighted by Crippen LogP contribution is 2.31. The number of hydrogen-bond acceptors (Lipinski definition) is 5. The van der Waals surface area contributed by atoms with Crippen molar-refractivity contribution >= 4 is 28.3 Å². The third-order valence-corrected chi connectivity index (χ3v) is 5.27. The van der Waals surface area contributed by atoms with Crippen molar-refractivity contribution in [3.8, 4) is 0 Å². The minimum Gasteiger partial charge on any atom is -0.343 e. The molecular weight excluding hydrogens is 312 g/mol. The number of hydrogen-bond donors (Lipinski definition) is 2. The van der Waals surface area contributed by atoms with Gasteiger partial charge in [0.05, 0.1) is 0 Å². The van der Waals surface area contributed by atoms with Crippen LogP contribution in [0.1, 0.15) is 50.3 Å². The van der Waals surface area contributed by atoms with Crippen molar-refractivity contribution in [2.75, 3.05) is 31.5 Å². The lowest BCUT2D eigenvalue weighted by Gasteiger charge is -2.20. The van der Waals surface area contributed by atoms with Crippen molar-refractivity contribution in [2.24, 2.45) is 0 Å². The van der Waals surface area contributed by atoms with Crippen LogP contribution < -0.4 is 10.6 Å². The Hall–Kier alpha value is -1.47. The van der Waals surface area contributed by atoms with Crippen LogP contribution in [0.25, 0.3) is 0 Å². The molecule has 1 fully saturated rings. The van der Waals surface area contributed by atoms with Crippen LogP contribution in [0.2, 0.25) is 0 Å². The monoisotopic (exact) mass is 338 g/mol. The highest BCUT2D eigenvalue weighted by molar-refractivity contribution is 7.15. The summed E-state index contributed by atoms with van der Waals surface area (Å²) in [7, 11) is 0. The van der Waals surface area contributed by atoms with Gasteiger partial charge in [0.15, 0.2) is 5.13 Å². The van der Waals surface area contributed by atoms with Crippen LogP contribution in [0.15, 0.2) is 6.20 Å². The molecule has 1 aromatic heterocycles. The predicted molar refractivity (Wildman–Crippen MR) is 92.8 cm³/mol. The van der Waals surface area contributed by atoms with Gasteiger partial charge < -0.3 is 15.5 Å². The van der Waals surface area contributed by atoms with Crippen LogP contribution in [-0.2, 0) is 9.59 Å². The molecule has 0 aliphatic carbocycles. The van der Waals surface area contributed by atoms with E-state index in [1.165, 1.54) is 4.88 Å². The van der Waals surface area contributed by atoms with Gasteiger partial charge in [-0.15, -0.1) is 11.3 Å². The average Bonchev–Trinajstić information content (AvgIpc) is 3.03. The van der Waals surface area contributed by atoms with Crippen molar-refractivity contribution in [3.05, 3.63) is 11.1 Å². The maximum Gasteiger partial charge on any atom is 0.226 e. The standard InChI is InChI=1S/C16H26N4O2S/c1-3-20(4-2)15(22)6-5-14(21)19-16-18-11-13(23-16)12-7-9-17-10-8-12/h11-12,17H,3-10H2,1-2H3,(H,18,19,21). The van der Waals surface area contributed by atoms with Crippen LogP contribution in [0.3, 0.4) is 0 Å². The number of anilines is 1. The quantitative estimate of drug-likeness (QED) is 0.799. The van der Waals surface area contributed by atoms with Gasteiger partial charge in [-0.25, -0.2) is 4.98 Å². The van der Waals surface area contributed by atoms with E-state index in [4.69, 9.17) is 0 Å². The molecule has 2 rings (SSSR count). The first-order chi connectivity index (χ1) is 11.1. The molecule has 0 spiro atoms. The Morgan fingerprint density at radius 1 is 1.30 bits per heavy atom. The highest BCUT2D eigenvalue weighted by atomic mass is 32.1. The molecular formula is C16H26N4O2S. The SMILES string of the molecule is CCN(CC)C(=O)CCC(=O)Nc1ncc(C2CCNCC2)s1. The topological polar surface area (TPSA) is 74.3 Å². The molecule has 0 saturated carbocycles. The smallest absolute Gasteiger partial charge is 0.226 e. The minimum absolute atomic E-state index is 0.0275. The molecule has 0 unspecified atom stereocenters. The number of aromatic nitrogens is 1. The van der Waals surface area contributed by atoms with Gasteiger partial charge in [-0.1, -0.05) is 0 Å². The summed E-state index contributed by atoms with van der Waals surface area (Å²) in [4.78, 5) is 31.2. The molecule has 1 aromatic rings. The molecule has 23 heavy (non-hydrogen) atoms. The Morgan fingerprint density at radius 2 is 2.00 bits per heavy atom. The molecule has 0 atom stereocenters. The van der Waals surface area contributed by atoms with Crippen molar-refractivity contribution in [2.45, 2.75) is 45.4 Å². The van der Waals surface area contributed by atoms with E-state index in [9.17, 15) is 9.59 Å². The molecule has 128 valence electrons. The van der Waals surface area contributed by atoms with E-state index < -0.39 is 0 Å². The summed E-state index contributed by atoms with van der Waals surface area (Å²) in [6, 6.07) is 0. The van der Waals surface area contributed by atoms with Gasteiger partial charge in [0.2, 0.25) is 11.8 Å². The second-order valence-electron chi connectivity index (χ2n) is 5.71. The summed E-state index contributed by atoms with van der Waals surface area (Å²) in [6.07, 6.45) is 4.57. The number of nitrogens with zero attached hydrogens (tertiary/aromatic N) is 2. The van der Waals surface area contributed by atoms with Crippen LogP contribution >= 0.6 is 11.3 Å². The molecule has 0 aromatic carbocycles. The summed E-state index contributed by atoms with van der Waals surface area (Å²) in [5.41, 5.74) is 0. The summed E-state index contributed by atoms with van der Waals surface area (Å²) >= 11 is 1.55. The van der Waals surface area contributed by atoms with Crippen molar-refractivity contribution in [1.82, 2.24) is 15.2 Å². The zero-order valence-electron chi connectivity index (χ0n) is 13.9. The Balaban J connectivity index is 1.79. The first-order valence-corrected chi connectivity index (χ1v) is 9.19. The first kappa shape index (κ1) is 17.9. The van der Waals surface area contributed by atoms with Gasteiger partial charge in [-0.2, -0.15) is 0 Å². The number of amides is 2. The van der Waals surface area contributed by atoms with Gasteiger partial charge in [0, 0.05) is 37.0 Å². The fraction of sp³-hybridized carbons (Fsp3) is 0.688. The van der Waals surface area contributed by atoms with Crippen molar-refractivity contribution in [3.63, 3.8) is 0 Å². The normalized spacial score (nSPS) is 15.4. The van der Waals surface area contributed by atoms with E-state index in [0.717, 1.165) is 25.9 Å². The molecule has 6 nitrogen and oxygen atoms in total. The van der Waals surface area contributed by atoms with Gasteiger partial charge >= 0.3 is 0 Å². The summed E-state index contributed by atoms with van der Waals surface area (Å²) < 4.78 is 0. The zero-order valence-corrected chi connectivity index (χ0v) is 14.7.